The Morgan fingerprint density at radius 1 is 1.68 bits per heavy atom. The Morgan fingerprint density at radius 2 is 2.47 bits per heavy atom. The molecule has 1 aromatic rings. The molecule has 0 spiro atoms. The zero-order valence-electron chi connectivity index (χ0n) is 10.8. The van der Waals surface area contributed by atoms with E-state index < -0.39 is 4.92 Å². The van der Waals surface area contributed by atoms with Crippen LogP contribution in [0.2, 0.25) is 0 Å². The molecule has 0 aliphatic carbocycles. The van der Waals surface area contributed by atoms with E-state index in [-0.39, 0.29) is 5.69 Å². The molecule has 0 radical (unpaired) electrons. The predicted octanol–water partition coefficient (Wildman–Crippen LogP) is 2.65. The summed E-state index contributed by atoms with van der Waals surface area (Å²) >= 11 is 3.33. The van der Waals surface area contributed by atoms with Gasteiger partial charge < -0.3 is 10.2 Å². The molecular formula is C12H17BrN4O2. The second-order valence-electron chi connectivity index (χ2n) is 4.66. The number of nitrogens with one attached hydrogen (secondary N) is 1. The van der Waals surface area contributed by atoms with Crippen molar-refractivity contribution in [1.29, 1.82) is 0 Å². The van der Waals surface area contributed by atoms with Gasteiger partial charge in [-0.05, 0) is 41.9 Å². The molecule has 0 aromatic carbocycles. The fraction of sp³-hybridized carbons (Fsp3) is 0.583. The van der Waals surface area contributed by atoms with Crippen molar-refractivity contribution in [3.8, 4) is 0 Å². The first kappa shape index (κ1) is 14.2. The molecule has 7 heteroatoms. The number of aromatic nitrogens is 1. The van der Waals surface area contributed by atoms with Crippen LogP contribution in [0, 0.1) is 10.1 Å². The first-order valence-corrected chi connectivity index (χ1v) is 7.18. The predicted molar refractivity (Wildman–Crippen MR) is 77.4 cm³/mol. The highest BCUT2D eigenvalue weighted by molar-refractivity contribution is 9.10. The van der Waals surface area contributed by atoms with Crippen LogP contribution in [-0.4, -0.2) is 40.5 Å². The van der Waals surface area contributed by atoms with Crippen molar-refractivity contribution in [1.82, 2.24) is 9.88 Å². The Hall–Kier alpha value is -1.21. The van der Waals surface area contributed by atoms with Gasteiger partial charge in [-0.15, -0.1) is 0 Å². The molecule has 2 heterocycles. The SMILES string of the molecule is CCN1CCCC(Nc2ncc([N+](=O)[O-])cc2Br)C1. The molecule has 6 nitrogen and oxygen atoms in total. The van der Waals surface area contributed by atoms with Gasteiger partial charge in [0.1, 0.15) is 12.0 Å². The number of hydrogen-bond acceptors (Lipinski definition) is 5. The second-order valence-corrected chi connectivity index (χ2v) is 5.51. The van der Waals surface area contributed by atoms with Gasteiger partial charge in [0.25, 0.3) is 5.69 Å². The summed E-state index contributed by atoms with van der Waals surface area (Å²) in [7, 11) is 0. The van der Waals surface area contributed by atoms with Crippen LogP contribution >= 0.6 is 15.9 Å². The zero-order valence-corrected chi connectivity index (χ0v) is 12.4. The van der Waals surface area contributed by atoms with E-state index in [0.29, 0.717) is 16.3 Å². The normalized spacial score (nSPS) is 20.2. The van der Waals surface area contributed by atoms with Crippen LogP contribution in [0.4, 0.5) is 11.5 Å². The van der Waals surface area contributed by atoms with E-state index in [0.717, 1.165) is 32.5 Å². The second kappa shape index (κ2) is 6.29. The number of likely N-dealkylation sites (N-methyl/N-ethyl adjacent to an activating group) is 1. The number of pyridine rings is 1. The number of halogens is 1. The summed E-state index contributed by atoms with van der Waals surface area (Å²) in [6, 6.07) is 1.83. The Labute approximate surface area is 120 Å². The van der Waals surface area contributed by atoms with Gasteiger partial charge in [-0.2, -0.15) is 0 Å². The van der Waals surface area contributed by atoms with Crippen molar-refractivity contribution < 1.29 is 4.92 Å². The molecule has 2 rings (SSSR count). The molecule has 1 unspecified atom stereocenters. The topological polar surface area (TPSA) is 71.3 Å². The first-order chi connectivity index (χ1) is 9.10. The molecule has 1 aliphatic rings. The maximum atomic E-state index is 10.7. The molecule has 1 saturated heterocycles. The quantitative estimate of drug-likeness (QED) is 0.679. The van der Waals surface area contributed by atoms with Gasteiger partial charge in [-0.3, -0.25) is 10.1 Å². The van der Waals surface area contributed by atoms with E-state index in [2.05, 4.69) is 38.1 Å². The number of piperidine rings is 1. The zero-order chi connectivity index (χ0) is 13.8. The minimum Gasteiger partial charge on any atom is -0.365 e. The summed E-state index contributed by atoms with van der Waals surface area (Å²) in [4.78, 5) is 16.7. The minimum atomic E-state index is -0.443. The molecule has 0 saturated carbocycles. The van der Waals surface area contributed by atoms with Crippen molar-refractivity contribution in [2.24, 2.45) is 0 Å². The Morgan fingerprint density at radius 3 is 3.11 bits per heavy atom. The minimum absolute atomic E-state index is 0.00347. The third-order valence-electron chi connectivity index (χ3n) is 3.33. The lowest BCUT2D eigenvalue weighted by atomic mass is 10.1. The lowest BCUT2D eigenvalue weighted by Gasteiger charge is -2.32. The summed E-state index contributed by atoms with van der Waals surface area (Å²) in [5.74, 6) is 0.675. The van der Waals surface area contributed by atoms with Crippen LogP contribution in [0.3, 0.4) is 0 Å². The maximum Gasteiger partial charge on any atom is 0.288 e. The summed E-state index contributed by atoms with van der Waals surface area (Å²) < 4.78 is 0.635. The molecule has 0 amide bonds. The van der Waals surface area contributed by atoms with Gasteiger partial charge in [-0.25, -0.2) is 4.98 Å². The van der Waals surface area contributed by atoms with Crippen LogP contribution in [0.15, 0.2) is 16.7 Å². The molecule has 1 aliphatic heterocycles. The molecule has 19 heavy (non-hydrogen) atoms. The summed E-state index contributed by atoms with van der Waals surface area (Å²) in [5, 5.41) is 14.0. The summed E-state index contributed by atoms with van der Waals surface area (Å²) in [6.45, 7) is 5.33. The number of nitrogens with zero attached hydrogens (tertiary/aromatic N) is 3. The molecule has 1 N–H and O–H groups in total. The Bertz CT molecular complexity index is 469. The van der Waals surface area contributed by atoms with E-state index in [9.17, 15) is 10.1 Å². The van der Waals surface area contributed by atoms with Gasteiger partial charge in [0.05, 0.1) is 9.40 Å². The van der Waals surface area contributed by atoms with Crippen molar-refractivity contribution in [2.75, 3.05) is 25.0 Å². The van der Waals surface area contributed by atoms with E-state index in [1.165, 1.54) is 12.3 Å². The van der Waals surface area contributed by atoms with Crippen molar-refractivity contribution in [3.05, 3.63) is 26.9 Å². The highest BCUT2D eigenvalue weighted by Crippen LogP contribution is 2.26. The molecule has 1 fully saturated rings. The monoisotopic (exact) mass is 328 g/mol. The number of rotatable bonds is 4. The van der Waals surface area contributed by atoms with E-state index in [4.69, 9.17) is 0 Å². The van der Waals surface area contributed by atoms with Gasteiger partial charge in [0.2, 0.25) is 0 Å². The molecule has 0 bridgehead atoms. The van der Waals surface area contributed by atoms with Crippen molar-refractivity contribution >= 4 is 27.4 Å². The van der Waals surface area contributed by atoms with Crippen LogP contribution in [0.5, 0.6) is 0 Å². The largest absolute Gasteiger partial charge is 0.365 e. The molecule has 1 aromatic heterocycles. The maximum absolute atomic E-state index is 10.7. The number of nitro groups is 1. The average Bonchev–Trinajstić information content (AvgIpc) is 2.41. The van der Waals surface area contributed by atoms with Gasteiger partial charge in [-0.1, -0.05) is 6.92 Å². The van der Waals surface area contributed by atoms with Crippen LogP contribution in [-0.2, 0) is 0 Å². The highest BCUT2D eigenvalue weighted by atomic mass is 79.9. The highest BCUT2D eigenvalue weighted by Gasteiger charge is 2.20. The standard InChI is InChI=1S/C12H17BrN4O2/c1-2-16-5-3-4-9(8-16)15-12-11(13)6-10(7-14-12)17(18)19/h6-7,9H,2-5,8H2,1H3,(H,14,15). The lowest BCUT2D eigenvalue weighted by molar-refractivity contribution is -0.385. The fourth-order valence-corrected chi connectivity index (χ4v) is 2.74. The number of hydrogen-bond donors (Lipinski definition) is 1. The third kappa shape index (κ3) is 3.63. The molecule has 1 atom stereocenters. The van der Waals surface area contributed by atoms with Gasteiger partial charge >= 0.3 is 0 Å². The first-order valence-electron chi connectivity index (χ1n) is 6.39. The van der Waals surface area contributed by atoms with Gasteiger partial charge in [0, 0.05) is 18.7 Å². The van der Waals surface area contributed by atoms with E-state index >= 15 is 0 Å². The molecular weight excluding hydrogens is 312 g/mol. The van der Waals surface area contributed by atoms with E-state index in [1.807, 2.05) is 0 Å². The number of anilines is 1. The van der Waals surface area contributed by atoms with E-state index in [1.54, 1.807) is 0 Å². The van der Waals surface area contributed by atoms with Crippen molar-refractivity contribution in [2.45, 2.75) is 25.8 Å². The van der Waals surface area contributed by atoms with Crippen molar-refractivity contribution in [3.63, 3.8) is 0 Å². The number of likely N-dealkylation sites (tertiary alicyclic amines) is 1. The Balaban J connectivity index is 2.04. The summed E-state index contributed by atoms with van der Waals surface area (Å²) in [6.07, 6.45) is 3.55. The van der Waals surface area contributed by atoms with Crippen LogP contribution in [0.25, 0.3) is 0 Å². The lowest BCUT2D eigenvalue weighted by Crippen LogP contribution is -2.42. The van der Waals surface area contributed by atoms with Gasteiger partial charge in [0.15, 0.2) is 0 Å². The third-order valence-corrected chi connectivity index (χ3v) is 3.94. The van der Waals surface area contributed by atoms with Crippen LogP contribution < -0.4 is 5.32 Å². The Kier molecular flexibility index (Phi) is 4.71. The smallest absolute Gasteiger partial charge is 0.288 e. The average molecular weight is 329 g/mol. The fourth-order valence-electron chi connectivity index (χ4n) is 2.29. The molecule has 104 valence electrons. The summed E-state index contributed by atoms with van der Waals surface area (Å²) in [5.41, 5.74) is -0.00347. The van der Waals surface area contributed by atoms with Crippen LogP contribution in [0.1, 0.15) is 19.8 Å².